The van der Waals surface area contributed by atoms with E-state index in [0.717, 1.165) is 11.9 Å². The van der Waals surface area contributed by atoms with Crippen LogP contribution in [0.15, 0.2) is 18.3 Å². The zero-order chi connectivity index (χ0) is 21.6. The lowest BCUT2D eigenvalue weighted by molar-refractivity contribution is 0.259. The fourth-order valence-corrected chi connectivity index (χ4v) is 3.31. The summed E-state index contributed by atoms with van der Waals surface area (Å²) in [5.41, 5.74) is 0.815. The van der Waals surface area contributed by atoms with Crippen molar-refractivity contribution in [2.75, 3.05) is 22.9 Å². The lowest BCUT2D eigenvalue weighted by atomic mass is 10.0. The quantitative estimate of drug-likeness (QED) is 0.511. The molecule has 0 fully saturated rings. The van der Waals surface area contributed by atoms with Crippen molar-refractivity contribution in [2.45, 2.75) is 45.6 Å². The van der Waals surface area contributed by atoms with Crippen LogP contribution in [0.1, 0.15) is 44.6 Å². The molecule has 0 radical (unpaired) electrons. The molecule has 0 aliphatic rings. The molecule has 11 heteroatoms. The Hall–Kier alpha value is -2.04. The first-order chi connectivity index (χ1) is 13.6. The van der Waals surface area contributed by atoms with Crippen molar-refractivity contribution in [1.82, 2.24) is 19.9 Å². The zero-order valence-electron chi connectivity index (χ0n) is 16.9. The first-order valence-electron chi connectivity index (χ1n) is 9.27. The minimum atomic E-state index is -3.56. The minimum Gasteiger partial charge on any atom is -0.394 e. The van der Waals surface area contributed by atoms with Crippen LogP contribution < -0.4 is 10.0 Å². The summed E-state index contributed by atoms with van der Waals surface area (Å²) in [6, 6.07) is 3.33. The molecule has 0 spiro atoms. The third-order valence-electron chi connectivity index (χ3n) is 4.01. The number of anilines is 2. The molecule has 2 aromatic rings. The summed E-state index contributed by atoms with van der Waals surface area (Å²) in [5, 5.41) is 13.2. The van der Waals surface area contributed by atoms with E-state index in [0.29, 0.717) is 29.6 Å². The van der Waals surface area contributed by atoms with Crippen molar-refractivity contribution in [3.63, 3.8) is 0 Å². The standard InChI is InChI=1S/C18H27ClN6O3S/c1-11(2)7-14(10-26)21-17-22-16(23-18(24-17)25-29(4,27)28)8-12(3)15-6-5-13(19)9-20-15/h5-6,9,11-12,14,26H,7-8,10H2,1-4H3,(H2,21,22,23,24,25)/t12?,14-/m1/s1. The van der Waals surface area contributed by atoms with Crippen LogP contribution in [0.5, 0.6) is 0 Å². The molecule has 0 saturated carbocycles. The Morgan fingerprint density at radius 1 is 1.14 bits per heavy atom. The Labute approximate surface area is 176 Å². The summed E-state index contributed by atoms with van der Waals surface area (Å²) in [6.07, 6.45) is 3.72. The molecule has 0 aromatic carbocycles. The predicted octanol–water partition coefficient (Wildman–Crippen LogP) is 2.46. The van der Waals surface area contributed by atoms with Gasteiger partial charge in [-0.15, -0.1) is 0 Å². The molecule has 0 aliphatic heterocycles. The third kappa shape index (κ3) is 8.08. The number of hydrogen-bond donors (Lipinski definition) is 3. The number of nitrogens with zero attached hydrogens (tertiary/aromatic N) is 4. The Bertz CT molecular complexity index is 908. The predicted molar refractivity (Wildman–Crippen MR) is 114 cm³/mol. The average molecular weight is 443 g/mol. The highest BCUT2D eigenvalue weighted by atomic mass is 35.5. The normalized spacial score (nSPS) is 13.9. The number of hydrogen-bond acceptors (Lipinski definition) is 8. The van der Waals surface area contributed by atoms with Gasteiger partial charge in [0, 0.05) is 24.2 Å². The summed E-state index contributed by atoms with van der Waals surface area (Å²) < 4.78 is 25.5. The molecule has 0 saturated heterocycles. The van der Waals surface area contributed by atoms with E-state index in [1.807, 2.05) is 26.8 Å². The summed E-state index contributed by atoms with van der Waals surface area (Å²) >= 11 is 5.89. The molecule has 1 unspecified atom stereocenters. The van der Waals surface area contributed by atoms with Gasteiger partial charge in [-0.05, 0) is 24.5 Å². The van der Waals surface area contributed by atoms with Gasteiger partial charge in [-0.1, -0.05) is 32.4 Å². The molecule has 0 aliphatic carbocycles. The van der Waals surface area contributed by atoms with Gasteiger partial charge in [-0.25, -0.2) is 8.42 Å². The largest absolute Gasteiger partial charge is 0.394 e. The molecule has 2 atom stereocenters. The van der Waals surface area contributed by atoms with Gasteiger partial charge in [0.1, 0.15) is 5.82 Å². The molecular formula is C18H27ClN6O3S. The number of rotatable bonds is 10. The Morgan fingerprint density at radius 3 is 2.38 bits per heavy atom. The van der Waals surface area contributed by atoms with Gasteiger partial charge in [-0.3, -0.25) is 9.71 Å². The van der Waals surface area contributed by atoms with Crippen molar-refractivity contribution < 1.29 is 13.5 Å². The second-order valence-electron chi connectivity index (χ2n) is 7.43. The minimum absolute atomic E-state index is 0.0297. The number of halogens is 1. The second kappa shape index (κ2) is 10.1. The van der Waals surface area contributed by atoms with Crippen LogP contribution in [0.3, 0.4) is 0 Å². The maximum absolute atomic E-state index is 11.6. The van der Waals surface area contributed by atoms with Gasteiger partial charge in [0.05, 0.1) is 23.9 Å². The zero-order valence-corrected chi connectivity index (χ0v) is 18.5. The first-order valence-corrected chi connectivity index (χ1v) is 11.5. The highest BCUT2D eigenvalue weighted by Gasteiger charge is 2.17. The number of pyridine rings is 1. The van der Waals surface area contributed by atoms with Gasteiger partial charge in [-0.2, -0.15) is 15.0 Å². The van der Waals surface area contributed by atoms with E-state index in [9.17, 15) is 13.5 Å². The van der Waals surface area contributed by atoms with Crippen molar-refractivity contribution in [3.8, 4) is 0 Å². The third-order valence-corrected chi connectivity index (χ3v) is 4.79. The summed E-state index contributed by atoms with van der Waals surface area (Å²) in [7, 11) is -3.56. The molecule has 160 valence electrons. The van der Waals surface area contributed by atoms with Crippen LogP contribution in [0.2, 0.25) is 5.02 Å². The molecular weight excluding hydrogens is 416 g/mol. The summed E-state index contributed by atoms with van der Waals surface area (Å²) in [5.74, 6) is 0.859. The SMILES string of the molecule is CC(C)C[C@H](CO)Nc1nc(CC(C)c2ccc(Cl)cn2)nc(NS(C)(=O)=O)n1. The second-order valence-corrected chi connectivity index (χ2v) is 9.62. The van der Waals surface area contributed by atoms with Gasteiger partial charge in [0.15, 0.2) is 0 Å². The highest BCUT2D eigenvalue weighted by Crippen LogP contribution is 2.20. The number of nitrogens with one attached hydrogen (secondary N) is 2. The van der Waals surface area contributed by atoms with E-state index < -0.39 is 10.0 Å². The topological polar surface area (TPSA) is 130 Å². The number of aliphatic hydroxyl groups is 1. The van der Waals surface area contributed by atoms with Crippen LogP contribution >= 0.6 is 11.6 Å². The Balaban J connectivity index is 2.29. The smallest absolute Gasteiger partial charge is 0.241 e. The van der Waals surface area contributed by atoms with Crippen molar-refractivity contribution >= 4 is 33.5 Å². The molecule has 9 nitrogen and oxygen atoms in total. The maximum atomic E-state index is 11.6. The lowest BCUT2D eigenvalue weighted by Crippen LogP contribution is -2.27. The fraction of sp³-hybridized carbons (Fsp3) is 0.556. The van der Waals surface area contributed by atoms with Crippen LogP contribution in [0.25, 0.3) is 0 Å². The molecule has 0 amide bonds. The van der Waals surface area contributed by atoms with E-state index in [4.69, 9.17) is 11.6 Å². The first kappa shape index (κ1) is 23.2. The number of aromatic nitrogens is 4. The Kier molecular flexibility index (Phi) is 8.12. The van der Waals surface area contributed by atoms with E-state index in [1.54, 1.807) is 12.3 Å². The van der Waals surface area contributed by atoms with Gasteiger partial charge in [0.2, 0.25) is 21.9 Å². The van der Waals surface area contributed by atoms with Crippen molar-refractivity contribution in [1.29, 1.82) is 0 Å². The van der Waals surface area contributed by atoms with Gasteiger partial charge >= 0.3 is 0 Å². The molecule has 2 aromatic heterocycles. The molecule has 3 N–H and O–H groups in total. The van der Waals surface area contributed by atoms with Crippen molar-refractivity contribution in [2.24, 2.45) is 5.92 Å². The van der Waals surface area contributed by atoms with E-state index >= 15 is 0 Å². The van der Waals surface area contributed by atoms with Crippen LogP contribution in [0, 0.1) is 5.92 Å². The van der Waals surface area contributed by atoms with Gasteiger partial charge < -0.3 is 10.4 Å². The van der Waals surface area contributed by atoms with Crippen LogP contribution in [0.4, 0.5) is 11.9 Å². The molecule has 0 bridgehead atoms. The van der Waals surface area contributed by atoms with Crippen molar-refractivity contribution in [3.05, 3.63) is 34.9 Å². The lowest BCUT2D eigenvalue weighted by Gasteiger charge is -2.19. The fourth-order valence-electron chi connectivity index (χ4n) is 2.78. The van der Waals surface area contributed by atoms with Crippen LogP contribution in [-0.2, 0) is 16.4 Å². The van der Waals surface area contributed by atoms with Crippen LogP contribution in [-0.4, -0.2) is 52.4 Å². The summed E-state index contributed by atoms with van der Waals surface area (Å²) in [6.45, 7) is 5.95. The number of sulfonamides is 1. The van der Waals surface area contributed by atoms with E-state index in [1.165, 1.54) is 0 Å². The molecule has 29 heavy (non-hydrogen) atoms. The Morgan fingerprint density at radius 2 is 1.83 bits per heavy atom. The maximum Gasteiger partial charge on any atom is 0.241 e. The number of aliphatic hydroxyl groups excluding tert-OH is 1. The molecule has 2 rings (SSSR count). The van der Waals surface area contributed by atoms with E-state index in [2.05, 4.69) is 30.0 Å². The van der Waals surface area contributed by atoms with E-state index in [-0.39, 0.29) is 30.5 Å². The summed E-state index contributed by atoms with van der Waals surface area (Å²) in [4.78, 5) is 17.1. The monoisotopic (exact) mass is 442 g/mol. The van der Waals surface area contributed by atoms with Gasteiger partial charge in [0.25, 0.3) is 0 Å². The average Bonchev–Trinajstić information content (AvgIpc) is 2.59. The molecule has 2 heterocycles. The highest BCUT2D eigenvalue weighted by molar-refractivity contribution is 7.91.